The number of nitrogens with one attached hydrogen (secondary N) is 1. The molecule has 5 nitrogen and oxygen atoms in total. The fraction of sp³-hybridized carbons (Fsp3) is 0.412. The lowest BCUT2D eigenvalue weighted by Crippen LogP contribution is -2.14. The van der Waals surface area contributed by atoms with Crippen LogP contribution in [0.3, 0.4) is 0 Å². The van der Waals surface area contributed by atoms with Gasteiger partial charge < -0.3 is 5.32 Å². The molecular formula is C17H18N4OS2. The lowest BCUT2D eigenvalue weighted by Gasteiger charge is -2.08. The number of anilines is 1. The van der Waals surface area contributed by atoms with E-state index in [9.17, 15) is 10.1 Å². The van der Waals surface area contributed by atoms with Crippen LogP contribution in [0, 0.1) is 11.3 Å². The Morgan fingerprint density at radius 2 is 2.00 bits per heavy atom. The van der Waals surface area contributed by atoms with E-state index in [1.165, 1.54) is 29.5 Å². The van der Waals surface area contributed by atoms with E-state index in [4.69, 9.17) is 0 Å². The highest BCUT2D eigenvalue weighted by molar-refractivity contribution is 7.99. The Morgan fingerprint density at radius 1 is 1.25 bits per heavy atom. The largest absolute Gasteiger partial charge is 0.316 e. The minimum absolute atomic E-state index is 0.127. The first-order chi connectivity index (χ1) is 11.8. The number of fused-ring (bicyclic) bond motifs is 1. The van der Waals surface area contributed by atoms with E-state index in [0.29, 0.717) is 15.7 Å². The molecule has 2 aromatic rings. The van der Waals surface area contributed by atoms with E-state index in [1.807, 2.05) is 0 Å². The van der Waals surface area contributed by atoms with Gasteiger partial charge in [-0.05, 0) is 37.3 Å². The lowest BCUT2D eigenvalue weighted by molar-refractivity contribution is -0.113. The Balaban J connectivity index is 1.69. The molecule has 1 aliphatic carbocycles. The quantitative estimate of drug-likeness (QED) is 0.664. The van der Waals surface area contributed by atoms with Crippen LogP contribution in [0.4, 0.5) is 5.00 Å². The fourth-order valence-corrected chi connectivity index (χ4v) is 4.64. The summed E-state index contributed by atoms with van der Waals surface area (Å²) >= 11 is 2.85. The Morgan fingerprint density at radius 3 is 2.75 bits per heavy atom. The predicted octanol–water partition coefficient (Wildman–Crippen LogP) is 3.80. The summed E-state index contributed by atoms with van der Waals surface area (Å²) in [5, 5.41) is 13.7. The van der Waals surface area contributed by atoms with Crippen LogP contribution >= 0.6 is 23.1 Å². The molecule has 0 bridgehead atoms. The summed E-state index contributed by atoms with van der Waals surface area (Å²) in [5.74, 6) is 0.107. The molecule has 2 aromatic heterocycles. The summed E-state index contributed by atoms with van der Waals surface area (Å²) in [6.45, 7) is 0. The van der Waals surface area contributed by atoms with Crippen molar-refractivity contribution in [3.8, 4) is 6.07 Å². The topological polar surface area (TPSA) is 78.7 Å². The van der Waals surface area contributed by atoms with Crippen molar-refractivity contribution in [2.45, 2.75) is 43.7 Å². The number of amides is 1. The molecule has 0 saturated carbocycles. The highest BCUT2D eigenvalue weighted by atomic mass is 32.2. The van der Waals surface area contributed by atoms with Crippen molar-refractivity contribution in [1.29, 1.82) is 5.26 Å². The molecule has 0 fully saturated rings. The Hall–Kier alpha value is -1.91. The van der Waals surface area contributed by atoms with E-state index in [1.54, 1.807) is 29.8 Å². The number of nitrogens with zero attached hydrogens (tertiary/aromatic N) is 3. The number of carbonyl (C=O) groups is 1. The van der Waals surface area contributed by atoms with Gasteiger partial charge in [-0.3, -0.25) is 4.79 Å². The summed E-state index contributed by atoms with van der Waals surface area (Å²) in [6, 6.07) is 4.04. The van der Waals surface area contributed by atoms with Gasteiger partial charge in [0.15, 0.2) is 5.16 Å². The van der Waals surface area contributed by atoms with Gasteiger partial charge in [0, 0.05) is 17.3 Å². The first-order valence-corrected chi connectivity index (χ1v) is 9.82. The zero-order valence-electron chi connectivity index (χ0n) is 13.2. The number of hydrogen-bond donors (Lipinski definition) is 1. The molecule has 1 N–H and O–H groups in total. The molecule has 0 atom stereocenters. The van der Waals surface area contributed by atoms with E-state index in [-0.39, 0.29) is 11.7 Å². The van der Waals surface area contributed by atoms with Crippen LogP contribution in [0.25, 0.3) is 0 Å². The zero-order valence-corrected chi connectivity index (χ0v) is 14.9. The van der Waals surface area contributed by atoms with Crippen LogP contribution in [0.5, 0.6) is 0 Å². The predicted molar refractivity (Wildman–Crippen MR) is 96.3 cm³/mol. The number of aromatic nitrogens is 2. The normalized spacial score (nSPS) is 14.1. The van der Waals surface area contributed by atoms with Crippen LogP contribution in [0.2, 0.25) is 0 Å². The summed E-state index contributed by atoms with van der Waals surface area (Å²) in [7, 11) is 0. The van der Waals surface area contributed by atoms with Gasteiger partial charge in [-0.1, -0.05) is 24.6 Å². The average Bonchev–Trinajstić information content (AvgIpc) is 2.89. The molecule has 0 aliphatic heterocycles. The lowest BCUT2D eigenvalue weighted by atomic mass is 9.97. The Bertz CT molecular complexity index is 752. The molecule has 124 valence electrons. The number of aryl methyl sites for hydroxylation is 1. The number of hydrogen-bond acceptors (Lipinski definition) is 6. The van der Waals surface area contributed by atoms with Crippen molar-refractivity contribution in [2.75, 3.05) is 11.1 Å². The highest BCUT2D eigenvalue weighted by Gasteiger charge is 2.20. The molecule has 0 saturated heterocycles. The molecule has 0 aromatic carbocycles. The van der Waals surface area contributed by atoms with Gasteiger partial charge in [0.05, 0.1) is 11.3 Å². The van der Waals surface area contributed by atoms with Gasteiger partial charge in [0.2, 0.25) is 5.91 Å². The van der Waals surface area contributed by atoms with Gasteiger partial charge in [0.1, 0.15) is 11.1 Å². The van der Waals surface area contributed by atoms with Gasteiger partial charge in [-0.2, -0.15) is 5.26 Å². The molecule has 0 spiro atoms. The van der Waals surface area contributed by atoms with E-state index < -0.39 is 0 Å². The molecule has 2 heterocycles. The monoisotopic (exact) mass is 358 g/mol. The van der Waals surface area contributed by atoms with Gasteiger partial charge >= 0.3 is 0 Å². The van der Waals surface area contributed by atoms with Crippen LogP contribution < -0.4 is 5.32 Å². The van der Waals surface area contributed by atoms with E-state index in [2.05, 4.69) is 21.4 Å². The molecule has 0 unspecified atom stereocenters. The van der Waals surface area contributed by atoms with Gasteiger partial charge in [0.25, 0.3) is 0 Å². The maximum Gasteiger partial charge on any atom is 0.235 e. The van der Waals surface area contributed by atoms with Crippen LogP contribution in [-0.4, -0.2) is 21.6 Å². The second-order valence-electron chi connectivity index (χ2n) is 5.60. The molecule has 24 heavy (non-hydrogen) atoms. The Kier molecular flexibility index (Phi) is 5.83. The zero-order chi connectivity index (χ0) is 16.8. The van der Waals surface area contributed by atoms with Gasteiger partial charge in [-0.15, -0.1) is 11.3 Å². The molecule has 1 amide bonds. The molecule has 0 radical (unpaired) electrons. The summed E-state index contributed by atoms with van der Waals surface area (Å²) in [6.07, 6.45) is 10.00. The van der Waals surface area contributed by atoms with Gasteiger partial charge in [-0.25, -0.2) is 9.97 Å². The summed E-state index contributed by atoms with van der Waals surface area (Å²) < 4.78 is 0. The van der Waals surface area contributed by atoms with Crippen LogP contribution in [0.1, 0.15) is 41.7 Å². The van der Waals surface area contributed by atoms with Crippen LogP contribution in [-0.2, 0) is 17.6 Å². The second-order valence-corrected chi connectivity index (χ2v) is 7.65. The van der Waals surface area contributed by atoms with Crippen molar-refractivity contribution in [3.05, 3.63) is 34.5 Å². The third kappa shape index (κ3) is 4.13. The third-order valence-electron chi connectivity index (χ3n) is 3.91. The standard InChI is InChI=1S/C17H18N4OS2/c18-10-13-12-6-3-1-2-4-7-14(12)24-16(13)21-15(22)11-23-17-19-8-5-9-20-17/h5,8-9H,1-4,6-7,11H2,(H,21,22). The number of thiophene rings is 1. The Labute approximate surface area is 149 Å². The van der Waals surface area contributed by atoms with Crippen LogP contribution in [0.15, 0.2) is 23.6 Å². The van der Waals surface area contributed by atoms with E-state index >= 15 is 0 Å². The average molecular weight is 358 g/mol. The molecule has 1 aliphatic rings. The minimum Gasteiger partial charge on any atom is -0.316 e. The molecule has 3 rings (SSSR count). The van der Waals surface area contributed by atoms with Crippen molar-refractivity contribution in [1.82, 2.24) is 9.97 Å². The first-order valence-electron chi connectivity index (χ1n) is 8.02. The molecular weight excluding hydrogens is 340 g/mol. The summed E-state index contributed by atoms with van der Waals surface area (Å²) in [4.78, 5) is 21.7. The van der Waals surface area contributed by atoms with Crippen molar-refractivity contribution in [2.24, 2.45) is 0 Å². The first kappa shape index (κ1) is 16.9. The molecule has 7 heteroatoms. The number of carbonyl (C=O) groups excluding carboxylic acids is 1. The van der Waals surface area contributed by atoms with E-state index in [0.717, 1.165) is 31.2 Å². The number of nitriles is 1. The summed E-state index contributed by atoms with van der Waals surface area (Å²) in [5.41, 5.74) is 1.81. The maximum atomic E-state index is 12.2. The highest BCUT2D eigenvalue weighted by Crippen LogP contribution is 2.36. The minimum atomic E-state index is -0.127. The third-order valence-corrected chi connectivity index (χ3v) is 5.99. The van der Waals surface area contributed by atoms with Crippen molar-refractivity contribution < 1.29 is 4.79 Å². The number of rotatable bonds is 4. The SMILES string of the molecule is N#Cc1c(NC(=O)CSc2ncccn2)sc2c1CCCCCC2. The smallest absolute Gasteiger partial charge is 0.235 e. The number of thioether (sulfide) groups is 1. The fourth-order valence-electron chi connectivity index (χ4n) is 2.78. The van der Waals surface area contributed by atoms with Crippen molar-refractivity contribution in [3.63, 3.8) is 0 Å². The maximum absolute atomic E-state index is 12.2. The van der Waals surface area contributed by atoms with Crippen molar-refractivity contribution >= 4 is 34.0 Å². The second kappa shape index (κ2) is 8.27.